The van der Waals surface area contributed by atoms with Gasteiger partial charge in [-0.1, -0.05) is 65.8 Å². The standard InChI is InChI=1S/C35H40N8/c1-33(2,3)19-23-17-29(40-31(38-23)42-21-36-25-13-9-11-15-27(25)42)35(7,8)30-18-24(20-34(4,5)6)39-32(41-30)43-22-37-26-14-10-12-16-28(26)43/h9-18,21-22H,19-20H2,1-8H3. The molecule has 0 saturated heterocycles. The summed E-state index contributed by atoms with van der Waals surface area (Å²) < 4.78 is 3.96. The van der Waals surface area contributed by atoms with Crippen molar-refractivity contribution < 1.29 is 0 Å². The lowest BCUT2D eigenvalue weighted by molar-refractivity contribution is 0.404. The highest BCUT2D eigenvalue weighted by Crippen LogP contribution is 2.33. The molecule has 8 heteroatoms. The predicted molar refractivity (Wildman–Crippen MR) is 172 cm³/mol. The summed E-state index contributed by atoms with van der Waals surface area (Å²) in [5.74, 6) is 1.23. The number of rotatable bonds is 6. The average Bonchev–Trinajstić information content (AvgIpc) is 3.55. The van der Waals surface area contributed by atoms with E-state index in [0.717, 1.165) is 57.7 Å². The molecule has 220 valence electrons. The minimum Gasteiger partial charge on any atom is -0.267 e. The van der Waals surface area contributed by atoms with E-state index in [0.29, 0.717) is 11.9 Å². The molecule has 0 radical (unpaired) electrons. The van der Waals surface area contributed by atoms with Gasteiger partial charge < -0.3 is 0 Å². The summed E-state index contributed by atoms with van der Waals surface area (Å²) >= 11 is 0. The maximum Gasteiger partial charge on any atom is 0.235 e. The highest BCUT2D eigenvalue weighted by Gasteiger charge is 2.31. The molecule has 0 fully saturated rings. The largest absolute Gasteiger partial charge is 0.267 e. The van der Waals surface area contributed by atoms with Gasteiger partial charge in [0.15, 0.2) is 0 Å². The second kappa shape index (κ2) is 10.4. The Morgan fingerprint density at radius 1 is 0.535 bits per heavy atom. The normalized spacial score (nSPS) is 12.8. The summed E-state index contributed by atoms with van der Waals surface area (Å²) in [4.78, 5) is 29.7. The number of nitrogens with zero attached hydrogens (tertiary/aromatic N) is 8. The fourth-order valence-electron chi connectivity index (χ4n) is 5.46. The number of para-hydroxylation sites is 4. The molecular formula is C35H40N8. The molecule has 6 rings (SSSR count). The Morgan fingerprint density at radius 2 is 0.930 bits per heavy atom. The minimum atomic E-state index is -0.554. The Morgan fingerprint density at radius 3 is 1.33 bits per heavy atom. The molecule has 0 amide bonds. The summed E-state index contributed by atoms with van der Waals surface area (Å²) in [7, 11) is 0. The van der Waals surface area contributed by atoms with Crippen LogP contribution in [0, 0.1) is 10.8 Å². The van der Waals surface area contributed by atoms with Gasteiger partial charge in [-0.25, -0.2) is 29.9 Å². The van der Waals surface area contributed by atoms with Gasteiger partial charge in [0, 0.05) is 16.8 Å². The highest BCUT2D eigenvalue weighted by atomic mass is 15.2. The third-order valence-electron chi connectivity index (χ3n) is 7.58. The van der Waals surface area contributed by atoms with Crippen LogP contribution < -0.4 is 0 Å². The van der Waals surface area contributed by atoms with E-state index in [1.807, 2.05) is 58.2 Å². The van der Waals surface area contributed by atoms with Crippen molar-refractivity contribution in [1.82, 2.24) is 39.0 Å². The monoisotopic (exact) mass is 572 g/mol. The second-order valence-corrected chi connectivity index (χ2v) is 14.4. The Bertz CT molecular complexity index is 1790. The van der Waals surface area contributed by atoms with Crippen molar-refractivity contribution in [3.8, 4) is 11.9 Å². The molecule has 0 saturated carbocycles. The van der Waals surface area contributed by atoms with Crippen LogP contribution in [0.4, 0.5) is 0 Å². The van der Waals surface area contributed by atoms with Gasteiger partial charge in [0.2, 0.25) is 11.9 Å². The van der Waals surface area contributed by atoms with Crippen molar-refractivity contribution in [2.24, 2.45) is 10.8 Å². The smallest absolute Gasteiger partial charge is 0.235 e. The van der Waals surface area contributed by atoms with E-state index < -0.39 is 5.41 Å². The summed E-state index contributed by atoms with van der Waals surface area (Å²) in [5.41, 5.74) is 7.09. The molecule has 6 aromatic rings. The maximum atomic E-state index is 5.18. The zero-order valence-electron chi connectivity index (χ0n) is 26.4. The first-order chi connectivity index (χ1) is 20.3. The lowest BCUT2D eigenvalue weighted by atomic mass is 9.82. The van der Waals surface area contributed by atoms with Gasteiger partial charge in [-0.2, -0.15) is 0 Å². The lowest BCUT2D eigenvalue weighted by Gasteiger charge is -2.27. The number of fused-ring (bicyclic) bond motifs is 2. The topological polar surface area (TPSA) is 87.2 Å². The maximum absolute atomic E-state index is 5.18. The Labute approximate surface area is 253 Å². The van der Waals surface area contributed by atoms with E-state index in [1.54, 1.807) is 0 Å². The van der Waals surface area contributed by atoms with Crippen molar-refractivity contribution >= 4 is 22.1 Å². The van der Waals surface area contributed by atoms with E-state index >= 15 is 0 Å². The summed E-state index contributed by atoms with van der Waals surface area (Å²) in [6.07, 6.45) is 5.24. The Kier molecular flexibility index (Phi) is 6.91. The van der Waals surface area contributed by atoms with E-state index in [2.05, 4.69) is 89.6 Å². The molecule has 0 spiro atoms. The molecular weight excluding hydrogens is 532 g/mol. The van der Waals surface area contributed by atoms with Gasteiger partial charge in [0.25, 0.3) is 0 Å². The van der Waals surface area contributed by atoms with Crippen molar-refractivity contribution in [1.29, 1.82) is 0 Å². The molecule has 0 aliphatic rings. The van der Waals surface area contributed by atoms with Crippen LogP contribution in [-0.2, 0) is 18.3 Å². The van der Waals surface area contributed by atoms with Crippen LogP contribution in [0.25, 0.3) is 34.0 Å². The van der Waals surface area contributed by atoms with Crippen LogP contribution in [0.1, 0.15) is 78.2 Å². The molecule has 0 unspecified atom stereocenters. The van der Waals surface area contributed by atoms with Crippen LogP contribution in [0.3, 0.4) is 0 Å². The number of imidazole rings is 2. The van der Waals surface area contributed by atoms with Crippen LogP contribution in [0.2, 0.25) is 0 Å². The average molecular weight is 573 g/mol. The van der Waals surface area contributed by atoms with Gasteiger partial charge in [-0.3, -0.25) is 9.13 Å². The SMILES string of the molecule is CC(C)(C)Cc1cc(C(C)(C)c2cc(CC(C)(C)C)nc(-n3cnc4ccccc43)n2)nc(-n2cnc3ccccc32)n1. The minimum absolute atomic E-state index is 0.0501. The molecule has 0 atom stereocenters. The number of aromatic nitrogens is 8. The van der Waals surface area contributed by atoms with Crippen LogP contribution in [0.5, 0.6) is 0 Å². The van der Waals surface area contributed by atoms with Crippen molar-refractivity contribution in [3.05, 3.63) is 96.1 Å². The summed E-state index contributed by atoms with van der Waals surface area (Å²) in [6.45, 7) is 17.8. The number of benzene rings is 2. The van der Waals surface area contributed by atoms with Gasteiger partial charge >= 0.3 is 0 Å². The van der Waals surface area contributed by atoms with E-state index in [1.165, 1.54) is 0 Å². The van der Waals surface area contributed by atoms with E-state index in [-0.39, 0.29) is 10.8 Å². The van der Waals surface area contributed by atoms with Crippen molar-refractivity contribution in [2.45, 2.75) is 73.6 Å². The molecule has 4 aromatic heterocycles. The first-order valence-electron chi connectivity index (χ1n) is 14.9. The number of hydrogen-bond acceptors (Lipinski definition) is 6. The third-order valence-corrected chi connectivity index (χ3v) is 7.58. The number of hydrogen-bond donors (Lipinski definition) is 0. The lowest BCUT2D eigenvalue weighted by Crippen LogP contribution is -2.26. The third kappa shape index (κ3) is 5.91. The first-order valence-corrected chi connectivity index (χ1v) is 14.9. The van der Waals surface area contributed by atoms with Crippen LogP contribution >= 0.6 is 0 Å². The molecule has 0 aliphatic carbocycles. The fraction of sp³-hybridized carbons (Fsp3) is 0.371. The summed E-state index contributed by atoms with van der Waals surface area (Å²) in [6, 6.07) is 20.4. The molecule has 0 aliphatic heterocycles. The van der Waals surface area contributed by atoms with E-state index in [4.69, 9.17) is 19.9 Å². The molecule has 8 nitrogen and oxygen atoms in total. The Hall–Kier alpha value is -4.46. The molecule has 0 bridgehead atoms. The van der Waals surface area contributed by atoms with Gasteiger partial charge in [-0.15, -0.1) is 0 Å². The second-order valence-electron chi connectivity index (χ2n) is 14.4. The Balaban J connectivity index is 1.54. The molecule has 2 aromatic carbocycles. The zero-order valence-corrected chi connectivity index (χ0v) is 26.4. The fourth-order valence-corrected chi connectivity index (χ4v) is 5.46. The van der Waals surface area contributed by atoms with Crippen molar-refractivity contribution in [2.75, 3.05) is 0 Å². The van der Waals surface area contributed by atoms with Gasteiger partial charge in [0.1, 0.15) is 12.7 Å². The molecule has 0 N–H and O–H groups in total. The quantitative estimate of drug-likeness (QED) is 0.206. The zero-order chi connectivity index (χ0) is 30.6. The molecule has 4 heterocycles. The summed E-state index contributed by atoms with van der Waals surface area (Å²) in [5, 5.41) is 0. The first kappa shape index (κ1) is 28.6. The van der Waals surface area contributed by atoms with Gasteiger partial charge in [-0.05, 0) is 73.9 Å². The van der Waals surface area contributed by atoms with Gasteiger partial charge in [0.05, 0.1) is 33.5 Å². The molecule has 43 heavy (non-hydrogen) atoms. The highest BCUT2D eigenvalue weighted by molar-refractivity contribution is 5.77. The van der Waals surface area contributed by atoms with E-state index in [9.17, 15) is 0 Å². The van der Waals surface area contributed by atoms with Crippen molar-refractivity contribution in [3.63, 3.8) is 0 Å². The van der Waals surface area contributed by atoms with Crippen LogP contribution in [0.15, 0.2) is 73.3 Å². The van der Waals surface area contributed by atoms with Crippen LogP contribution in [-0.4, -0.2) is 39.0 Å². The predicted octanol–water partition coefficient (Wildman–Crippen LogP) is 7.45.